The van der Waals surface area contributed by atoms with E-state index in [1.165, 1.54) is 0 Å². The zero-order valence-corrected chi connectivity index (χ0v) is 13.4. The highest BCUT2D eigenvalue weighted by Gasteiger charge is 2.32. The Hall–Kier alpha value is -0.940. The maximum absolute atomic E-state index is 12.0. The van der Waals surface area contributed by atoms with E-state index in [1.807, 2.05) is 44.7 Å². The van der Waals surface area contributed by atoms with Crippen LogP contribution >= 0.6 is 11.8 Å². The Morgan fingerprint density at radius 1 is 1.50 bits per heavy atom. The first kappa shape index (κ1) is 17.1. The molecule has 0 amide bonds. The average molecular weight is 299 g/mol. The number of hydrogen-bond acceptors (Lipinski definition) is 5. The maximum Gasteiger partial charge on any atom is 0.326 e. The standard InChI is InChI=1S/C15H25NO3S/c1-4-16-15(3,14(17)18-5-2)9-7-11-20-12-13-8-6-10-19-13/h6,8,10,16H,4-5,7,9,11-12H2,1-3H3. The van der Waals surface area contributed by atoms with Crippen molar-refractivity contribution in [2.45, 2.75) is 44.9 Å². The summed E-state index contributed by atoms with van der Waals surface area (Å²) in [6.07, 6.45) is 3.44. The number of furan rings is 1. The van der Waals surface area contributed by atoms with Crippen LogP contribution in [0.2, 0.25) is 0 Å². The molecule has 0 aliphatic rings. The fourth-order valence-corrected chi connectivity index (χ4v) is 2.90. The number of thioether (sulfide) groups is 1. The lowest BCUT2D eigenvalue weighted by molar-refractivity contribution is -0.150. The van der Waals surface area contributed by atoms with Crippen molar-refractivity contribution in [2.75, 3.05) is 18.9 Å². The molecule has 0 aromatic carbocycles. The van der Waals surface area contributed by atoms with Crippen molar-refractivity contribution in [1.29, 1.82) is 0 Å². The van der Waals surface area contributed by atoms with Gasteiger partial charge in [0.05, 0.1) is 18.6 Å². The van der Waals surface area contributed by atoms with Gasteiger partial charge in [0, 0.05) is 0 Å². The molecule has 1 aromatic heterocycles. The molecule has 0 spiro atoms. The first-order valence-corrected chi connectivity index (χ1v) is 8.30. The Balaban J connectivity index is 2.29. The summed E-state index contributed by atoms with van der Waals surface area (Å²) in [5.41, 5.74) is -0.573. The third-order valence-electron chi connectivity index (χ3n) is 3.08. The van der Waals surface area contributed by atoms with Crippen LogP contribution < -0.4 is 5.32 Å². The van der Waals surface area contributed by atoms with Gasteiger partial charge in [0.25, 0.3) is 0 Å². The molecule has 0 fully saturated rings. The van der Waals surface area contributed by atoms with Crippen LogP contribution in [-0.2, 0) is 15.3 Å². The summed E-state index contributed by atoms with van der Waals surface area (Å²) in [7, 11) is 0. The summed E-state index contributed by atoms with van der Waals surface area (Å²) in [6, 6.07) is 3.88. The molecule has 20 heavy (non-hydrogen) atoms. The summed E-state index contributed by atoms with van der Waals surface area (Å²) in [6.45, 7) is 6.94. The van der Waals surface area contributed by atoms with Gasteiger partial charge in [-0.1, -0.05) is 6.92 Å². The van der Waals surface area contributed by atoms with Crippen molar-refractivity contribution in [3.05, 3.63) is 24.2 Å². The number of rotatable bonds is 10. The Kier molecular flexibility index (Phi) is 7.77. The molecule has 0 aliphatic carbocycles. The highest BCUT2D eigenvalue weighted by atomic mass is 32.2. The van der Waals surface area contributed by atoms with Gasteiger partial charge in [-0.25, -0.2) is 0 Å². The molecule has 1 N–H and O–H groups in total. The molecule has 0 saturated heterocycles. The first-order valence-electron chi connectivity index (χ1n) is 7.14. The first-order chi connectivity index (χ1) is 9.62. The molecule has 0 aliphatic heterocycles. The van der Waals surface area contributed by atoms with Crippen molar-refractivity contribution in [2.24, 2.45) is 0 Å². The van der Waals surface area contributed by atoms with Crippen LogP contribution in [0.25, 0.3) is 0 Å². The molecule has 114 valence electrons. The van der Waals surface area contributed by atoms with Gasteiger partial charge in [-0.2, -0.15) is 11.8 Å². The fraction of sp³-hybridized carbons (Fsp3) is 0.667. The third kappa shape index (κ3) is 5.59. The van der Waals surface area contributed by atoms with Gasteiger partial charge in [-0.05, 0) is 51.1 Å². The Bertz CT molecular complexity index is 380. The molecule has 1 rings (SSSR count). The Labute approximate surface area is 125 Å². The minimum atomic E-state index is -0.573. The normalized spacial score (nSPS) is 13.9. The van der Waals surface area contributed by atoms with Crippen molar-refractivity contribution in [3.63, 3.8) is 0 Å². The molecular formula is C15H25NO3S. The molecule has 0 saturated carbocycles. The Morgan fingerprint density at radius 3 is 2.90 bits per heavy atom. The molecule has 1 atom stereocenters. The molecule has 5 heteroatoms. The highest BCUT2D eigenvalue weighted by molar-refractivity contribution is 7.98. The second kappa shape index (κ2) is 9.08. The lowest BCUT2D eigenvalue weighted by Gasteiger charge is -2.28. The summed E-state index contributed by atoms with van der Waals surface area (Å²) in [5, 5.41) is 3.25. The molecule has 4 nitrogen and oxygen atoms in total. The molecule has 0 radical (unpaired) electrons. The number of likely N-dealkylation sites (N-methyl/N-ethyl adjacent to an activating group) is 1. The number of ether oxygens (including phenoxy) is 1. The van der Waals surface area contributed by atoms with E-state index in [1.54, 1.807) is 6.26 Å². The second-order valence-electron chi connectivity index (χ2n) is 4.82. The van der Waals surface area contributed by atoms with Crippen molar-refractivity contribution in [1.82, 2.24) is 5.32 Å². The van der Waals surface area contributed by atoms with Gasteiger partial charge >= 0.3 is 5.97 Å². The van der Waals surface area contributed by atoms with E-state index in [-0.39, 0.29) is 5.97 Å². The monoisotopic (exact) mass is 299 g/mol. The number of esters is 1. The predicted molar refractivity (Wildman–Crippen MR) is 82.8 cm³/mol. The molecular weight excluding hydrogens is 274 g/mol. The van der Waals surface area contributed by atoms with Crippen LogP contribution in [0, 0.1) is 0 Å². The van der Waals surface area contributed by atoms with Gasteiger partial charge in [-0.15, -0.1) is 0 Å². The highest BCUT2D eigenvalue weighted by Crippen LogP contribution is 2.19. The van der Waals surface area contributed by atoms with Gasteiger partial charge in [0.1, 0.15) is 11.3 Å². The molecule has 1 aromatic rings. The molecule has 1 unspecified atom stereocenters. The molecule has 1 heterocycles. The van der Waals surface area contributed by atoms with Crippen molar-refractivity contribution < 1.29 is 13.9 Å². The fourth-order valence-electron chi connectivity index (χ4n) is 2.04. The average Bonchev–Trinajstić information content (AvgIpc) is 2.92. The minimum Gasteiger partial charge on any atom is -0.468 e. The van der Waals surface area contributed by atoms with E-state index in [0.717, 1.165) is 36.7 Å². The Morgan fingerprint density at radius 2 is 2.30 bits per heavy atom. The van der Waals surface area contributed by atoms with Crippen molar-refractivity contribution in [3.8, 4) is 0 Å². The second-order valence-corrected chi connectivity index (χ2v) is 5.92. The number of hydrogen-bond donors (Lipinski definition) is 1. The zero-order valence-electron chi connectivity index (χ0n) is 12.6. The van der Waals surface area contributed by atoms with Gasteiger partial charge in [-0.3, -0.25) is 4.79 Å². The number of carbonyl (C=O) groups excluding carboxylic acids is 1. The zero-order chi connectivity index (χ0) is 14.8. The van der Waals surface area contributed by atoms with E-state index in [4.69, 9.17) is 9.15 Å². The summed E-state index contributed by atoms with van der Waals surface area (Å²) < 4.78 is 10.4. The van der Waals surface area contributed by atoms with Crippen LogP contribution in [0.4, 0.5) is 0 Å². The van der Waals surface area contributed by atoms with Crippen LogP contribution in [0.15, 0.2) is 22.8 Å². The van der Waals surface area contributed by atoms with Crippen molar-refractivity contribution >= 4 is 17.7 Å². The number of carbonyl (C=O) groups is 1. The van der Waals surface area contributed by atoms with Gasteiger partial charge < -0.3 is 14.5 Å². The van der Waals surface area contributed by atoms with E-state index in [0.29, 0.717) is 6.61 Å². The van der Waals surface area contributed by atoms with Crippen LogP contribution in [0.5, 0.6) is 0 Å². The quantitative estimate of drug-likeness (QED) is 0.531. The van der Waals surface area contributed by atoms with E-state index in [2.05, 4.69) is 5.32 Å². The summed E-state index contributed by atoms with van der Waals surface area (Å²) >= 11 is 1.82. The lowest BCUT2D eigenvalue weighted by Crippen LogP contribution is -2.50. The van der Waals surface area contributed by atoms with Gasteiger partial charge in [0.2, 0.25) is 0 Å². The van der Waals surface area contributed by atoms with E-state index >= 15 is 0 Å². The van der Waals surface area contributed by atoms with Crippen LogP contribution in [0.1, 0.15) is 39.4 Å². The number of nitrogens with one attached hydrogen (secondary N) is 1. The lowest BCUT2D eigenvalue weighted by atomic mass is 9.96. The SMILES string of the molecule is CCNC(C)(CCCSCc1ccco1)C(=O)OCC. The summed E-state index contributed by atoms with van der Waals surface area (Å²) in [4.78, 5) is 12.0. The largest absolute Gasteiger partial charge is 0.468 e. The van der Waals surface area contributed by atoms with Crippen LogP contribution in [0.3, 0.4) is 0 Å². The predicted octanol–water partition coefficient (Wildman–Crippen LogP) is 3.22. The minimum absolute atomic E-state index is 0.155. The van der Waals surface area contributed by atoms with Crippen LogP contribution in [-0.4, -0.2) is 30.4 Å². The molecule has 0 bridgehead atoms. The van der Waals surface area contributed by atoms with Gasteiger partial charge in [0.15, 0.2) is 0 Å². The third-order valence-corrected chi connectivity index (χ3v) is 4.15. The smallest absolute Gasteiger partial charge is 0.326 e. The summed E-state index contributed by atoms with van der Waals surface area (Å²) in [5.74, 6) is 2.72. The van der Waals surface area contributed by atoms with E-state index in [9.17, 15) is 4.79 Å². The topological polar surface area (TPSA) is 51.5 Å². The van der Waals surface area contributed by atoms with E-state index < -0.39 is 5.54 Å². The maximum atomic E-state index is 12.0.